The van der Waals surface area contributed by atoms with Crippen LogP contribution in [-0.2, 0) is 4.79 Å². The highest BCUT2D eigenvalue weighted by atomic mass is 16.2. The topological polar surface area (TPSA) is 75.2 Å². The zero-order valence-electron chi connectivity index (χ0n) is 14.4. The van der Waals surface area contributed by atoms with Gasteiger partial charge in [-0.1, -0.05) is 0 Å². The van der Waals surface area contributed by atoms with E-state index in [0.29, 0.717) is 23.7 Å². The maximum atomic E-state index is 12.8. The van der Waals surface area contributed by atoms with Crippen LogP contribution in [0.15, 0.2) is 24.4 Å². The molecular formula is C19H22N4O2. The van der Waals surface area contributed by atoms with Gasteiger partial charge in [0.15, 0.2) is 5.65 Å². The van der Waals surface area contributed by atoms with Crippen LogP contribution in [0, 0.1) is 0 Å². The molecule has 1 saturated heterocycles. The van der Waals surface area contributed by atoms with E-state index in [2.05, 4.69) is 15.3 Å². The van der Waals surface area contributed by atoms with Crippen LogP contribution in [0.4, 0.5) is 0 Å². The first-order valence-electron chi connectivity index (χ1n) is 8.94. The Hall–Kier alpha value is -2.50. The maximum Gasteiger partial charge on any atom is 0.253 e. The zero-order valence-corrected chi connectivity index (χ0v) is 14.4. The van der Waals surface area contributed by atoms with Gasteiger partial charge in [-0.05, 0) is 43.9 Å². The summed E-state index contributed by atoms with van der Waals surface area (Å²) in [5, 5.41) is 3.90. The van der Waals surface area contributed by atoms with Crippen molar-refractivity contribution in [1.82, 2.24) is 20.2 Å². The Morgan fingerprint density at radius 3 is 2.92 bits per heavy atom. The van der Waals surface area contributed by atoms with Crippen molar-refractivity contribution < 1.29 is 9.59 Å². The average Bonchev–Trinajstić information content (AvgIpc) is 3.35. The summed E-state index contributed by atoms with van der Waals surface area (Å²) in [4.78, 5) is 35.3. The quantitative estimate of drug-likeness (QED) is 0.928. The molecule has 6 nitrogen and oxygen atoms in total. The van der Waals surface area contributed by atoms with Crippen molar-refractivity contribution in [3.63, 3.8) is 0 Å². The molecule has 4 rings (SSSR count). The van der Waals surface area contributed by atoms with Gasteiger partial charge in [0.2, 0.25) is 5.91 Å². The molecular weight excluding hydrogens is 316 g/mol. The second-order valence-electron chi connectivity index (χ2n) is 6.96. The second-order valence-corrected chi connectivity index (χ2v) is 6.96. The van der Waals surface area contributed by atoms with Crippen molar-refractivity contribution in [3.05, 3.63) is 35.7 Å². The van der Waals surface area contributed by atoms with Crippen LogP contribution in [-0.4, -0.2) is 45.8 Å². The Morgan fingerprint density at radius 2 is 2.16 bits per heavy atom. The van der Waals surface area contributed by atoms with Crippen LogP contribution in [0.25, 0.3) is 11.0 Å². The molecule has 1 unspecified atom stereocenters. The molecule has 25 heavy (non-hydrogen) atoms. The minimum atomic E-state index is -0.101. The lowest BCUT2D eigenvalue weighted by atomic mass is 10.1. The van der Waals surface area contributed by atoms with E-state index in [4.69, 9.17) is 0 Å². The molecule has 1 aliphatic carbocycles. The van der Waals surface area contributed by atoms with E-state index in [1.54, 1.807) is 13.1 Å². The van der Waals surface area contributed by atoms with Crippen LogP contribution in [0.1, 0.15) is 54.6 Å². The lowest BCUT2D eigenvalue weighted by Gasteiger charge is -2.23. The molecule has 0 bridgehead atoms. The number of likely N-dealkylation sites (tertiary alicyclic amines) is 1. The fraction of sp³-hybridized carbons (Fsp3) is 0.474. The summed E-state index contributed by atoms with van der Waals surface area (Å²) in [6.07, 6.45) is 5.81. The molecule has 2 aromatic heterocycles. The Balaban J connectivity index is 1.55. The molecule has 0 aromatic carbocycles. The molecule has 2 aromatic rings. The van der Waals surface area contributed by atoms with Gasteiger partial charge in [0.05, 0.1) is 11.3 Å². The summed E-state index contributed by atoms with van der Waals surface area (Å²) in [5.74, 6) is 0.344. The van der Waals surface area contributed by atoms with Crippen molar-refractivity contribution in [2.45, 2.75) is 44.6 Å². The third-order valence-electron chi connectivity index (χ3n) is 5.11. The summed E-state index contributed by atoms with van der Waals surface area (Å²) < 4.78 is 0. The first kappa shape index (κ1) is 16.0. The SMILES string of the molecule is CC(=O)N1CCCC1CNC(=O)c1cc2cccnc2nc1C1CC1. The van der Waals surface area contributed by atoms with Gasteiger partial charge < -0.3 is 10.2 Å². The average molecular weight is 338 g/mol. The van der Waals surface area contributed by atoms with Crippen molar-refractivity contribution >= 4 is 22.8 Å². The highest BCUT2D eigenvalue weighted by Crippen LogP contribution is 2.41. The number of nitrogens with one attached hydrogen (secondary N) is 1. The van der Waals surface area contributed by atoms with Gasteiger partial charge in [-0.15, -0.1) is 0 Å². The summed E-state index contributed by atoms with van der Waals surface area (Å²) in [6, 6.07) is 5.78. The number of aromatic nitrogens is 2. The normalized spacial score (nSPS) is 20.0. The predicted molar refractivity (Wildman–Crippen MR) is 94.3 cm³/mol. The molecule has 1 saturated carbocycles. The Bertz CT molecular complexity index is 831. The van der Waals surface area contributed by atoms with E-state index in [9.17, 15) is 9.59 Å². The number of fused-ring (bicyclic) bond motifs is 1. The zero-order chi connectivity index (χ0) is 17.4. The fourth-order valence-electron chi connectivity index (χ4n) is 3.64. The van der Waals surface area contributed by atoms with Crippen LogP contribution in [0.5, 0.6) is 0 Å². The molecule has 0 spiro atoms. The third kappa shape index (κ3) is 3.21. The van der Waals surface area contributed by atoms with Gasteiger partial charge in [-0.3, -0.25) is 9.59 Å². The number of nitrogens with zero attached hydrogens (tertiary/aromatic N) is 3. The van der Waals surface area contributed by atoms with E-state index in [1.165, 1.54) is 0 Å². The van der Waals surface area contributed by atoms with Gasteiger partial charge in [0, 0.05) is 43.6 Å². The molecule has 0 radical (unpaired) electrons. The van der Waals surface area contributed by atoms with Crippen LogP contribution >= 0.6 is 0 Å². The molecule has 3 heterocycles. The van der Waals surface area contributed by atoms with Gasteiger partial charge in [-0.2, -0.15) is 0 Å². The highest BCUT2D eigenvalue weighted by Gasteiger charge is 2.31. The van der Waals surface area contributed by atoms with Crippen LogP contribution in [0.3, 0.4) is 0 Å². The Kier molecular flexibility index (Phi) is 4.11. The minimum Gasteiger partial charge on any atom is -0.350 e. The molecule has 130 valence electrons. The van der Waals surface area contributed by atoms with E-state index in [-0.39, 0.29) is 17.9 Å². The lowest BCUT2D eigenvalue weighted by molar-refractivity contribution is -0.129. The molecule has 1 aliphatic heterocycles. The second kappa shape index (κ2) is 6.43. The molecule has 6 heteroatoms. The highest BCUT2D eigenvalue weighted by molar-refractivity contribution is 5.98. The number of rotatable bonds is 4. The van der Waals surface area contributed by atoms with Gasteiger partial charge in [0.1, 0.15) is 0 Å². The predicted octanol–water partition coefficient (Wildman–Crippen LogP) is 2.25. The van der Waals surface area contributed by atoms with Crippen molar-refractivity contribution in [2.75, 3.05) is 13.1 Å². The van der Waals surface area contributed by atoms with E-state index < -0.39 is 0 Å². The number of carbonyl (C=O) groups is 2. The summed E-state index contributed by atoms with van der Waals surface area (Å²) in [7, 11) is 0. The number of carbonyl (C=O) groups excluding carboxylic acids is 2. The minimum absolute atomic E-state index is 0.0777. The van der Waals surface area contributed by atoms with Gasteiger partial charge in [0.25, 0.3) is 5.91 Å². The standard InChI is InChI=1S/C19H22N4O2/c1-12(24)23-9-3-5-15(23)11-21-19(25)16-10-14-4-2-8-20-18(14)22-17(16)13-6-7-13/h2,4,8,10,13,15H,3,5-7,9,11H2,1H3,(H,21,25). The van der Waals surface area contributed by atoms with Crippen molar-refractivity contribution in [3.8, 4) is 0 Å². The number of hydrogen-bond acceptors (Lipinski definition) is 4. The van der Waals surface area contributed by atoms with Crippen molar-refractivity contribution in [2.24, 2.45) is 0 Å². The molecule has 2 amide bonds. The van der Waals surface area contributed by atoms with E-state index >= 15 is 0 Å². The lowest BCUT2D eigenvalue weighted by Crippen LogP contribution is -2.42. The molecule has 2 fully saturated rings. The summed E-state index contributed by atoms with van der Waals surface area (Å²) >= 11 is 0. The van der Waals surface area contributed by atoms with Crippen molar-refractivity contribution in [1.29, 1.82) is 0 Å². The van der Waals surface area contributed by atoms with Crippen LogP contribution in [0.2, 0.25) is 0 Å². The number of pyridine rings is 2. The number of amides is 2. The molecule has 1 N–H and O–H groups in total. The summed E-state index contributed by atoms with van der Waals surface area (Å²) in [5.41, 5.74) is 2.20. The first-order valence-corrected chi connectivity index (χ1v) is 8.94. The fourth-order valence-corrected chi connectivity index (χ4v) is 3.64. The van der Waals surface area contributed by atoms with Gasteiger partial charge in [-0.25, -0.2) is 9.97 Å². The van der Waals surface area contributed by atoms with Crippen LogP contribution < -0.4 is 5.32 Å². The Labute approximate surface area is 146 Å². The summed E-state index contributed by atoms with van der Waals surface area (Å²) in [6.45, 7) is 2.87. The largest absolute Gasteiger partial charge is 0.350 e. The maximum absolute atomic E-state index is 12.8. The monoisotopic (exact) mass is 338 g/mol. The Morgan fingerprint density at radius 1 is 1.32 bits per heavy atom. The first-order chi connectivity index (χ1) is 12.1. The molecule has 1 atom stereocenters. The van der Waals surface area contributed by atoms with Gasteiger partial charge >= 0.3 is 0 Å². The molecule has 2 aliphatic rings. The van der Waals surface area contributed by atoms with E-state index in [0.717, 1.165) is 43.3 Å². The third-order valence-corrected chi connectivity index (χ3v) is 5.11. The van der Waals surface area contributed by atoms with E-state index in [1.807, 2.05) is 23.1 Å². The number of hydrogen-bond donors (Lipinski definition) is 1. The smallest absolute Gasteiger partial charge is 0.253 e.